The van der Waals surface area contributed by atoms with Crippen molar-refractivity contribution in [2.75, 3.05) is 13.1 Å². The molecule has 6 heteroatoms. The first kappa shape index (κ1) is 17.6. The summed E-state index contributed by atoms with van der Waals surface area (Å²) < 4.78 is 6.03. The van der Waals surface area contributed by atoms with E-state index in [4.69, 9.17) is 4.42 Å². The fraction of sp³-hybridized carbons (Fsp3) is 0.217. The first-order valence-electron chi connectivity index (χ1n) is 9.81. The lowest BCUT2D eigenvalue weighted by molar-refractivity contribution is 0.0698. The number of pyridine rings is 1. The van der Waals surface area contributed by atoms with Crippen LogP contribution in [-0.2, 0) is 0 Å². The number of likely N-dealkylation sites (tertiary alicyclic amines) is 1. The van der Waals surface area contributed by atoms with Gasteiger partial charge in [-0.25, -0.2) is 0 Å². The average Bonchev–Trinajstić information content (AvgIpc) is 3.29. The van der Waals surface area contributed by atoms with Crippen LogP contribution in [0.15, 0.2) is 71.3 Å². The van der Waals surface area contributed by atoms with E-state index in [1.807, 2.05) is 65.6 Å². The summed E-state index contributed by atoms with van der Waals surface area (Å²) in [7, 11) is 0. The first-order valence-corrected chi connectivity index (χ1v) is 9.81. The summed E-state index contributed by atoms with van der Waals surface area (Å²) in [5.41, 5.74) is 1.40. The molecule has 1 fully saturated rings. The van der Waals surface area contributed by atoms with Crippen molar-refractivity contribution in [2.24, 2.45) is 0 Å². The molecule has 0 bridgehead atoms. The number of hydrogen-bond acceptors (Lipinski definition) is 5. The van der Waals surface area contributed by atoms with Gasteiger partial charge in [0, 0.05) is 30.2 Å². The molecule has 3 heterocycles. The third kappa shape index (κ3) is 3.38. The molecule has 4 aromatic rings. The Labute approximate surface area is 168 Å². The summed E-state index contributed by atoms with van der Waals surface area (Å²) in [6.07, 6.45) is 3.58. The number of rotatable bonds is 3. The maximum absolute atomic E-state index is 12.8. The highest BCUT2D eigenvalue weighted by Gasteiger charge is 2.29. The van der Waals surface area contributed by atoms with Crippen molar-refractivity contribution < 1.29 is 9.21 Å². The summed E-state index contributed by atoms with van der Waals surface area (Å²) in [5, 5.41) is 10.6. The predicted molar refractivity (Wildman–Crippen MR) is 109 cm³/mol. The van der Waals surface area contributed by atoms with Gasteiger partial charge in [0.05, 0.1) is 5.92 Å². The molecule has 0 unspecified atom stereocenters. The lowest BCUT2D eigenvalue weighted by Gasteiger charge is -2.31. The smallest absolute Gasteiger partial charge is 0.266 e. The highest BCUT2D eigenvalue weighted by molar-refractivity contribution is 5.94. The molecule has 0 aliphatic carbocycles. The third-order valence-corrected chi connectivity index (χ3v) is 5.40. The molecular weight excluding hydrogens is 364 g/mol. The van der Waals surface area contributed by atoms with Crippen molar-refractivity contribution in [3.05, 3.63) is 78.3 Å². The maximum atomic E-state index is 12.8. The molecule has 2 aromatic carbocycles. The Morgan fingerprint density at radius 1 is 1.00 bits per heavy atom. The predicted octanol–water partition coefficient (Wildman–Crippen LogP) is 4.30. The number of hydrogen-bond donors (Lipinski definition) is 0. The third-order valence-electron chi connectivity index (χ3n) is 5.40. The second-order valence-corrected chi connectivity index (χ2v) is 7.28. The summed E-state index contributed by atoms with van der Waals surface area (Å²) >= 11 is 0. The van der Waals surface area contributed by atoms with E-state index in [0.29, 0.717) is 29.6 Å². The normalized spacial score (nSPS) is 16.8. The van der Waals surface area contributed by atoms with Crippen LogP contribution in [0.2, 0.25) is 0 Å². The highest BCUT2D eigenvalue weighted by Crippen LogP contribution is 2.30. The van der Waals surface area contributed by atoms with Gasteiger partial charge in [0.25, 0.3) is 11.8 Å². The molecule has 0 saturated carbocycles. The topological polar surface area (TPSA) is 72.1 Å². The Kier molecular flexibility index (Phi) is 4.52. The highest BCUT2D eigenvalue weighted by atomic mass is 16.4. The van der Waals surface area contributed by atoms with Gasteiger partial charge in [0.15, 0.2) is 0 Å². The molecule has 1 aliphatic heterocycles. The van der Waals surface area contributed by atoms with Gasteiger partial charge in [0.1, 0.15) is 5.69 Å². The molecule has 6 nitrogen and oxygen atoms in total. The quantitative estimate of drug-likeness (QED) is 0.526. The van der Waals surface area contributed by atoms with Gasteiger partial charge >= 0.3 is 0 Å². The van der Waals surface area contributed by atoms with Crippen LogP contribution in [0.3, 0.4) is 0 Å². The Morgan fingerprint density at radius 3 is 2.72 bits per heavy atom. The molecule has 1 aliphatic rings. The van der Waals surface area contributed by atoms with Crippen LogP contribution >= 0.6 is 0 Å². The number of piperidine rings is 1. The minimum absolute atomic E-state index is 0.0349. The van der Waals surface area contributed by atoms with Gasteiger partial charge < -0.3 is 9.32 Å². The second kappa shape index (κ2) is 7.47. The lowest BCUT2D eigenvalue weighted by atomic mass is 9.97. The first-order chi connectivity index (χ1) is 14.3. The summed E-state index contributed by atoms with van der Waals surface area (Å²) in [4.78, 5) is 19.1. The maximum Gasteiger partial charge on any atom is 0.266 e. The van der Waals surface area contributed by atoms with Crippen molar-refractivity contribution in [3.8, 4) is 11.6 Å². The van der Waals surface area contributed by atoms with Gasteiger partial charge in [-0.15, -0.1) is 10.2 Å². The van der Waals surface area contributed by atoms with Gasteiger partial charge in [0.2, 0.25) is 5.89 Å². The Balaban J connectivity index is 1.39. The standard InChI is InChI=1S/C23H20N4O2/c28-23(17-8-2-1-3-9-17)27-14-6-10-18(15-27)21-25-26-22(29-21)20-19-11-5-4-7-16(19)12-13-24-20/h1-5,7-9,11-13,18H,6,10,14-15H2/t18-/m1/s1. The fourth-order valence-corrected chi connectivity index (χ4v) is 3.91. The number of nitrogens with zero attached hydrogens (tertiary/aromatic N) is 4. The van der Waals surface area contributed by atoms with Crippen LogP contribution in [0, 0.1) is 0 Å². The van der Waals surface area contributed by atoms with Gasteiger partial charge in [-0.2, -0.15) is 0 Å². The van der Waals surface area contributed by atoms with E-state index in [1.54, 1.807) is 6.20 Å². The monoisotopic (exact) mass is 384 g/mol. The number of carbonyl (C=O) groups excluding carboxylic acids is 1. The SMILES string of the molecule is O=C(c1ccccc1)N1CCC[C@@H](c2nnc(-c3nccc4ccccc34)o2)C1. The Hall–Kier alpha value is -3.54. The zero-order valence-electron chi connectivity index (χ0n) is 15.9. The molecule has 1 atom stereocenters. The van der Waals surface area contributed by atoms with E-state index in [1.165, 1.54) is 0 Å². The van der Waals surface area contributed by atoms with Gasteiger partial charge in [-0.3, -0.25) is 9.78 Å². The zero-order valence-corrected chi connectivity index (χ0v) is 15.9. The van der Waals surface area contributed by atoms with Crippen LogP contribution in [0.4, 0.5) is 0 Å². The molecule has 2 aromatic heterocycles. The minimum atomic E-state index is 0.0349. The van der Waals surface area contributed by atoms with Crippen LogP contribution in [-0.4, -0.2) is 39.1 Å². The fourth-order valence-electron chi connectivity index (χ4n) is 3.91. The van der Waals surface area contributed by atoms with E-state index in [-0.39, 0.29) is 11.8 Å². The van der Waals surface area contributed by atoms with E-state index < -0.39 is 0 Å². The van der Waals surface area contributed by atoms with Crippen LogP contribution < -0.4 is 0 Å². The molecule has 5 rings (SSSR count). The van der Waals surface area contributed by atoms with E-state index >= 15 is 0 Å². The summed E-state index contributed by atoms with van der Waals surface area (Å²) in [6.45, 7) is 1.33. The second-order valence-electron chi connectivity index (χ2n) is 7.28. The van der Waals surface area contributed by atoms with Crippen LogP contribution in [0.1, 0.15) is 35.0 Å². The van der Waals surface area contributed by atoms with E-state index in [9.17, 15) is 4.79 Å². The zero-order chi connectivity index (χ0) is 19.6. The average molecular weight is 384 g/mol. The summed E-state index contributed by atoms with van der Waals surface area (Å²) in [6, 6.07) is 19.3. The molecule has 1 amide bonds. The van der Waals surface area contributed by atoms with Gasteiger partial charge in [-0.1, -0.05) is 42.5 Å². The molecule has 29 heavy (non-hydrogen) atoms. The van der Waals surface area contributed by atoms with E-state index in [0.717, 1.165) is 30.2 Å². The van der Waals surface area contributed by atoms with Crippen LogP contribution in [0.5, 0.6) is 0 Å². The van der Waals surface area contributed by atoms with Crippen molar-refractivity contribution in [1.29, 1.82) is 0 Å². The molecule has 0 spiro atoms. The number of amides is 1. The molecule has 0 radical (unpaired) electrons. The van der Waals surface area contributed by atoms with Crippen molar-refractivity contribution >= 4 is 16.7 Å². The molecule has 144 valence electrons. The molecular formula is C23H20N4O2. The number of benzene rings is 2. The number of fused-ring (bicyclic) bond motifs is 1. The van der Waals surface area contributed by atoms with Crippen molar-refractivity contribution in [1.82, 2.24) is 20.1 Å². The van der Waals surface area contributed by atoms with Crippen LogP contribution in [0.25, 0.3) is 22.4 Å². The number of aromatic nitrogens is 3. The largest absolute Gasteiger partial charge is 0.419 e. The van der Waals surface area contributed by atoms with Gasteiger partial charge in [-0.05, 0) is 36.4 Å². The van der Waals surface area contributed by atoms with Crippen molar-refractivity contribution in [3.63, 3.8) is 0 Å². The minimum Gasteiger partial charge on any atom is -0.419 e. The van der Waals surface area contributed by atoms with Crippen molar-refractivity contribution in [2.45, 2.75) is 18.8 Å². The molecule has 0 N–H and O–H groups in total. The number of carbonyl (C=O) groups is 1. The summed E-state index contributed by atoms with van der Waals surface area (Å²) in [5.74, 6) is 1.07. The van der Waals surface area contributed by atoms with E-state index in [2.05, 4.69) is 15.2 Å². The molecule has 1 saturated heterocycles. The Bertz CT molecular complexity index is 1150. The Morgan fingerprint density at radius 2 is 1.83 bits per heavy atom. The lowest BCUT2D eigenvalue weighted by Crippen LogP contribution is -2.39.